The largest absolute Gasteiger partial charge is 0.328 e. The van der Waals surface area contributed by atoms with Gasteiger partial charge in [0.15, 0.2) is 0 Å². The van der Waals surface area contributed by atoms with Gasteiger partial charge in [-0.25, -0.2) is 13.6 Å². The van der Waals surface area contributed by atoms with Crippen LogP contribution in [0.1, 0.15) is 0 Å². The monoisotopic (exact) mass is 240 g/mol. The molecular weight excluding hydrogens is 232 g/mol. The summed E-state index contributed by atoms with van der Waals surface area (Å²) >= 11 is 0. The Morgan fingerprint density at radius 3 is 1.58 bits per heavy atom. The first-order valence-electron chi connectivity index (χ1n) is 2.37. The molecule has 0 aliphatic carbocycles. The minimum atomic E-state index is -4.71. The lowest BCUT2D eigenvalue weighted by Crippen LogP contribution is -2.40. The van der Waals surface area contributed by atoms with Crippen molar-refractivity contribution in [3.8, 4) is 0 Å². The van der Waals surface area contributed by atoms with Gasteiger partial charge in [0, 0.05) is 6.54 Å². The van der Waals surface area contributed by atoms with Crippen molar-refractivity contribution in [1.29, 1.82) is 0 Å². The number of primary sulfonamides is 1. The molecule has 0 spiro atoms. The Hall–Kier alpha value is 0.0700. The molecule has 5 N–H and O–H groups in total. The van der Waals surface area contributed by atoms with Crippen LogP contribution in [0.15, 0.2) is 0 Å². The van der Waals surface area contributed by atoms with E-state index in [1.165, 1.54) is 0 Å². The van der Waals surface area contributed by atoms with Gasteiger partial charge in [-0.15, -0.1) is 12.4 Å². The van der Waals surface area contributed by atoms with Gasteiger partial charge < -0.3 is 5.73 Å². The third-order valence-corrected chi connectivity index (χ3v) is 4.21. The predicted octanol–water partition coefficient (Wildman–Crippen LogP) is -2.13. The Labute approximate surface area is 76.3 Å². The minimum absolute atomic E-state index is 0. The number of rotatable bonds is 3. The molecule has 1 unspecified atom stereocenters. The van der Waals surface area contributed by atoms with Crippen molar-refractivity contribution in [2.75, 3.05) is 6.54 Å². The van der Waals surface area contributed by atoms with E-state index in [9.17, 15) is 16.8 Å². The maximum atomic E-state index is 10.4. The molecule has 7 nitrogen and oxygen atoms in total. The fourth-order valence-electron chi connectivity index (χ4n) is 0.425. The van der Waals surface area contributed by atoms with E-state index < -0.39 is 31.3 Å². The van der Waals surface area contributed by atoms with Crippen molar-refractivity contribution in [2.24, 2.45) is 10.9 Å². The Bertz CT molecular complexity index is 287. The minimum Gasteiger partial charge on any atom is -0.328 e. The van der Waals surface area contributed by atoms with Crippen LogP contribution in [0, 0.1) is 0 Å². The maximum Gasteiger partial charge on any atom is 0.285 e. The second-order valence-corrected chi connectivity index (χ2v) is 5.41. The van der Waals surface area contributed by atoms with E-state index in [1.807, 2.05) is 0 Å². The van der Waals surface area contributed by atoms with Crippen LogP contribution < -0.4 is 10.9 Å². The lowest BCUT2D eigenvalue weighted by Gasteiger charge is -2.06. The molecule has 0 radical (unpaired) electrons. The quantitative estimate of drug-likeness (QED) is 0.481. The highest BCUT2D eigenvalue weighted by Gasteiger charge is 2.32. The summed E-state index contributed by atoms with van der Waals surface area (Å²) < 4.78 is 47.3. The molecule has 0 aromatic heterocycles. The molecule has 0 aromatic rings. The highest BCUT2D eigenvalue weighted by atomic mass is 35.5. The summed E-state index contributed by atoms with van der Waals surface area (Å²) in [6.45, 7) is -0.766. The van der Waals surface area contributed by atoms with Gasteiger partial charge in [-0.3, -0.25) is 4.55 Å². The first kappa shape index (κ1) is 14.6. The van der Waals surface area contributed by atoms with Crippen LogP contribution >= 0.6 is 12.4 Å². The molecule has 0 heterocycles. The van der Waals surface area contributed by atoms with Gasteiger partial charge in [-0.2, -0.15) is 8.42 Å². The molecule has 0 saturated heterocycles. The summed E-state index contributed by atoms with van der Waals surface area (Å²) in [5.74, 6) is 0. The average Bonchev–Trinajstić information content (AvgIpc) is 1.56. The Kier molecular flexibility index (Phi) is 5.28. The van der Waals surface area contributed by atoms with Crippen LogP contribution in [0.5, 0.6) is 0 Å². The van der Waals surface area contributed by atoms with Gasteiger partial charge in [0.1, 0.15) is 0 Å². The zero-order valence-corrected chi connectivity index (χ0v) is 8.19. The molecule has 0 saturated carbocycles. The van der Waals surface area contributed by atoms with Gasteiger partial charge in [0.2, 0.25) is 14.6 Å². The molecule has 1 atom stereocenters. The first-order chi connectivity index (χ1) is 4.69. The molecule has 0 aliphatic rings. The van der Waals surface area contributed by atoms with Crippen LogP contribution in [0.3, 0.4) is 0 Å². The predicted molar refractivity (Wildman–Crippen MR) is 44.7 cm³/mol. The van der Waals surface area contributed by atoms with E-state index in [0.29, 0.717) is 0 Å². The standard InChI is InChI=1S/C2H8N2O5S2.ClH/c3-1-2(10(4,5)6)11(7,8)9;/h2H,1,3H2,(H2,4,5,6)(H,7,8,9);1H. The highest BCUT2D eigenvalue weighted by molar-refractivity contribution is 8.05. The molecule has 0 amide bonds. The Morgan fingerprint density at radius 1 is 1.25 bits per heavy atom. The smallest absolute Gasteiger partial charge is 0.285 e. The first-order valence-corrected chi connectivity index (χ1v) is 5.49. The molecule has 0 aliphatic heterocycles. The van der Waals surface area contributed by atoms with Crippen molar-refractivity contribution in [3.63, 3.8) is 0 Å². The zero-order chi connectivity index (χ0) is 9.28. The molecule has 10 heteroatoms. The Morgan fingerprint density at radius 2 is 1.58 bits per heavy atom. The van der Waals surface area contributed by atoms with E-state index in [-0.39, 0.29) is 12.4 Å². The number of nitrogens with two attached hydrogens (primary N) is 2. The molecule has 0 aromatic carbocycles. The van der Waals surface area contributed by atoms with Crippen molar-refractivity contribution in [2.45, 2.75) is 4.58 Å². The molecule has 0 fully saturated rings. The van der Waals surface area contributed by atoms with E-state index in [0.717, 1.165) is 0 Å². The Balaban J connectivity index is 0. The number of hydrogen-bond acceptors (Lipinski definition) is 5. The molecule has 0 bridgehead atoms. The molecule has 12 heavy (non-hydrogen) atoms. The third-order valence-electron chi connectivity index (χ3n) is 0.891. The highest BCUT2D eigenvalue weighted by Crippen LogP contribution is 2.01. The van der Waals surface area contributed by atoms with Crippen molar-refractivity contribution < 1.29 is 21.4 Å². The lowest BCUT2D eigenvalue weighted by molar-refractivity contribution is 0.477. The summed E-state index contributed by atoms with van der Waals surface area (Å²) in [6.07, 6.45) is 0. The number of halogens is 1. The van der Waals surface area contributed by atoms with Crippen molar-refractivity contribution in [1.82, 2.24) is 0 Å². The van der Waals surface area contributed by atoms with Gasteiger partial charge in [0.25, 0.3) is 10.1 Å². The van der Waals surface area contributed by atoms with E-state index in [1.54, 1.807) is 0 Å². The van der Waals surface area contributed by atoms with Gasteiger partial charge >= 0.3 is 0 Å². The van der Waals surface area contributed by atoms with Crippen LogP contribution in [-0.2, 0) is 20.1 Å². The summed E-state index contributed by atoms with van der Waals surface area (Å²) in [5, 5.41) is 4.43. The maximum absolute atomic E-state index is 10.4. The second kappa shape index (κ2) is 4.35. The summed E-state index contributed by atoms with van der Waals surface area (Å²) in [4.78, 5) is 0. The van der Waals surface area contributed by atoms with Crippen LogP contribution in [-0.4, -0.2) is 32.5 Å². The van der Waals surface area contributed by atoms with E-state index in [4.69, 9.17) is 10.3 Å². The van der Waals surface area contributed by atoms with Crippen LogP contribution in [0.4, 0.5) is 0 Å². The van der Waals surface area contributed by atoms with Gasteiger partial charge in [-0.05, 0) is 0 Å². The molecular formula is C2H9ClN2O5S2. The summed E-state index contributed by atoms with van der Waals surface area (Å²) in [7, 11) is -9.05. The summed E-state index contributed by atoms with van der Waals surface area (Å²) in [6, 6.07) is 0. The SMILES string of the molecule is Cl.NCC(S(N)(=O)=O)S(=O)(=O)O. The number of sulfonamides is 1. The van der Waals surface area contributed by atoms with Crippen molar-refractivity contribution in [3.05, 3.63) is 0 Å². The van der Waals surface area contributed by atoms with Crippen LogP contribution in [0.25, 0.3) is 0 Å². The molecule has 76 valence electrons. The fraction of sp³-hybridized carbons (Fsp3) is 1.00. The average molecular weight is 241 g/mol. The lowest BCUT2D eigenvalue weighted by atomic mass is 10.8. The van der Waals surface area contributed by atoms with Gasteiger partial charge in [-0.1, -0.05) is 0 Å². The van der Waals surface area contributed by atoms with Crippen LogP contribution in [0.2, 0.25) is 0 Å². The zero-order valence-electron chi connectivity index (χ0n) is 5.74. The number of hydrogen-bond donors (Lipinski definition) is 3. The third kappa shape index (κ3) is 4.18. The topological polar surface area (TPSA) is 141 Å². The normalized spacial score (nSPS) is 14.9. The second-order valence-electron chi connectivity index (χ2n) is 1.77. The van der Waals surface area contributed by atoms with E-state index in [2.05, 4.69) is 5.14 Å². The van der Waals surface area contributed by atoms with Crippen molar-refractivity contribution >= 4 is 32.5 Å². The van der Waals surface area contributed by atoms with E-state index >= 15 is 0 Å². The van der Waals surface area contributed by atoms with Gasteiger partial charge in [0.05, 0.1) is 0 Å². The molecule has 0 rings (SSSR count). The summed E-state index contributed by atoms with van der Waals surface area (Å²) in [5.41, 5.74) is 4.75. The fourth-order valence-corrected chi connectivity index (χ4v) is 2.29.